The first-order valence-corrected chi connectivity index (χ1v) is 10.5. The van der Waals surface area contributed by atoms with Gasteiger partial charge in [-0.25, -0.2) is 8.42 Å². The van der Waals surface area contributed by atoms with Gasteiger partial charge in [0.15, 0.2) is 0 Å². The number of methoxy groups -OCH3 is 1. The highest BCUT2D eigenvalue weighted by Gasteiger charge is 2.30. The summed E-state index contributed by atoms with van der Waals surface area (Å²) in [5.41, 5.74) is 1.22. The van der Waals surface area contributed by atoms with Gasteiger partial charge in [-0.15, -0.1) is 0 Å². The molecule has 1 N–H and O–H groups in total. The van der Waals surface area contributed by atoms with Crippen LogP contribution in [0.2, 0.25) is 0 Å². The third kappa shape index (κ3) is 4.35. The third-order valence-electron chi connectivity index (χ3n) is 4.66. The molecule has 150 valence electrons. The smallest absolute Gasteiger partial charge is 0.251 e. The van der Waals surface area contributed by atoms with Gasteiger partial charge >= 0.3 is 0 Å². The lowest BCUT2D eigenvalue weighted by Crippen LogP contribution is -2.40. The Labute approximate surface area is 165 Å². The molecular formula is C20H24N2O5S. The van der Waals surface area contributed by atoms with Crippen LogP contribution in [0.5, 0.6) is 5.75 Å². The van der Waals surface area contributed by atoms with Crippen molar-refractivity contribution in [2.75, 3.05) is 33.4 Å². The average Bonchev–Trinajstić information content (AvgIpc) is 2.74. The Bertz CT molecular complexity index is 925. The van der Waals surface area contributed by atoms with E-state index in [0.717, 1.165) is 5.56 Å². The van der Waals surface area contributed by atoms with Crippen molar-refractivity contribution in [3.8, 4) is 5.75 Å². The Hall–Kier alpha value is -2.42. The molecule has 0 aromatic heterocycles. The van der Waals surface area contributed by atoms with E-state index in [0.29, 0.717) is 13.2 Å². The van der Waals surface area contributed by atoms with Crippen molar-refractivity contribution in [2.45, 2.75) is 17.9 Å². The van der Waals surface area contributed by atoms with E-state index in [4.69, 9.17) is 9.47 Å². The normalized spacial score (nSPS) is 16.4. The molecule has 1 fully saturated rings. The Morgan fingerprint density at radius 3 is 2.46 bits per heavy atom. The molecular weight excluding hydrogens is 380 g/mol. The van der Waals surface area contributed by atoms with Gasteiger partial charge in [-0.3, -0.25) is 4.79 Å². The summed E-state index contributed by atoms with van der Waals surface area (Å²) in [6.45, 7) is 3.11. The van der Waals surface area contributed by atoms with E-state index in [2.05, 4.69) is 5.32 Å². The van der Waals surface area contributed by atoms with Crippen molar-refractivity contribution < 1.29 is 22.7 Å². The molecule has 0 saturated carbocycles. The summed E-state index contributed by atoms with van der Waals surface area (Å²) in [6, 6.07) is 13.8. The first-order chi connectivity index (χ1) is 13.4. The predicted molar refractivity (Wildman–Crippen MR) is 105 cm³/mol. The highest BCUT2D eigenvalue weighted by Crippen LogP contribution is 2.28. The highest BCUT2D eigenvalue weighted by molar-refractivity contribution is 7.89. The quantitative estimate of drug-likeness (QED) is 0.798. The van der Waals surface area contributed by atoms with E-state index in [9.17, 15) is 13.2 Å². The fourth-order valence-corrected chi connectivity index (χ4v) is 4.64. The Morgan fingerprint density at radius 1 is 1.14 bits per heavy atom. The second-order valence-electron chi connectivity index (χ2n) is 6.49. The van der Waals surface area contributed by atoms with Crippen LogP contribution < -0.4 is 10.1 Å². The Kier molecular flexibility index (Phi) is 6.33. The van der Waals surface area contributed by atoms with Crippen LogP contribution in [-0.4, -0.2) is 52.0 Å². The minimum absolute atomic E-state index is 0.0167. The summed E-state index contributed by atoms with van der Waals surface area (Å²) in [5.74, 6) is -0.142. The lowest BCUT2D eigenvalue weighted by Gasteiger charge is -2.26. The molecule has 1 heterocycles. The third-order valence-corrected chi connectivity index (χ3v) is 6.58. The van der Waals surface area contributed by atoms with Gasteiger partial charge in [-0.05, 0) is 30.7 Å². The number of hydrogen-bond acceptors (Lipinski definition) is 5. The largest absolute Gasteiger partial charge is 0.495 e. The molecule has 2 aromatic carbocycles. The maximum absolute atomic E-state index is 13.0. The number of morpholine rings is 1. The van der Waals surface area contributed by atoms with Crippen LogP contribution in [-0.2, 0) is 14.8 Å². The van der Waals surface area contributed by atoms with Crippen LogP contribution in [0.1, 0.15) is 28.9 Å². The molecule has 0 unspecified atom stereocenters. The maximum atomic E-state index is 13.0. The predicted octanol–water partition coefficient (Wildman–Crippen LogP) is 2.21. The van der Waals surface area contributed by atoms with Gasteiger partial charge in [0, 0.05) is 18.7 Å². The first kappa shape index (κ1) is 20.3. The number of sulfonamides is 1. The minimum Gasteiger partial charge on any atom is -0.495 e. The molecule has 1 aliphatic heterocycles. The van der Waals surface area contributed by atoms with Gasteiger partial charge in [-0.2, -0.15) is 4.31 Å². The van der Waals surface area contributed by atoms with Crippen LogP contribution in [0.15, 0.2) is 53.4 Å². The van der Waals surface area contributed by atoms with Crippen molar-refractivity contribution in [3.05, 3.63) is 59.7 Å². The SMILES string of the molecule is COc1ccc(C(=O)N[C@H](C)c2ccccc2)cc1S(=O)(=O)N1CCOCC1. The minimum atomic E-state index is -3.79. The molecule has 8 heteroatoms. The molecule has 0 spiro atoms. The highest BCUT2D eigenvalue weighted by atomic mass is 32.2. The molecule has 2 aromatic rings. The second kappa shape index (κ2) is 8.72. The van der Waals surface area contributed by atoms with Crippen molar-refractivity contribution in [3.63, 3.8) is 0 Å². The average molecular weight is 404 g/mol. The standard InChI is InChI=1S/C20H24N2O5S/c1-15(16-6-4-3-5-7-16)21-20(23)17-8-9-18(26-2)19(14-17)28(24,25)22-10-12-27-13-11-22/h3-9,14-15H,10-13H2,1-2H3,(H,21,23)/t15-/m1/s1. The number of carbonyl (C=O) groups is 1. The molecule has 1 atom stereocenters. The molecule has 28 heavy (non-hydrogen) atoms. The molecule has 1 aliphatic rings. The molecule has 0 aliphatic carbocycles. The molecule has 1 amide bonds. The Morgan fingerprint density at radius 2 is 1.82 bits per heavy atom. The van der Waals surface area contributed by atoms with Gasteiger partial charge in [0.1, 0.15) is 10.6 Å². The molecule has 0 radical (unpaired) electrons. The zero-order valence-corrected chi connectivity index (χ0v) is 16.7. The van der Waals surface area contributed by atoms with Gasteiger partial charge in [0.05, 0.1) is 26.4 Å². The zero-order valence-electron chi connectivity index (χ0n) is 15.9. The van der Waals surface area contributed by atoms with Crippen LogP contribution >= 0.6 is 0 Å². The number of ether oxygens (including phenoxy) is 2. The summed E-state index contributed by atoms with van der Waals surface area (Å²) in [7, 11) is -2.39. The van der Waals surface area contributed by atoms with Crippen LogP contribution in [0, 0.1) is 0 Å². The van der Waals surface area contributed by atoms with E-state index in [1.165, 1.54) is 23.5 Å². The number of carbonyl (C=O) groups excluding carboxylic acids is 1. The monoisotopic (exact) mass is 404 g/mol. The summed E-state index contributed by atoms with van der Waals surface area (Å²) in [6.07, 6.45) is 0. The van der Waals surface area contributed by atoms with Crippen LogP contribution in [0.4, 0.5) is 0 Å². The molecule has 3 rings (SSSR count). The van der Waals surface area contributed by atoms with Crippen molar-refractivity contribution >= 4 is 15.9 Å². The summed E-state index contributed by atoms with van der Waals surface area (Å²) < 4.78 is 37.9. The van der Waals surface area contributed by atoms with Gasteiger partial charge in [-0.1, -0.05) is 30.3 Å². The van der Waals surface area contributed by atoms with E-state index in [-0.39, 0.29) is 41.2 Å². The van der Waals surface area contributed by atoms with Crippen molar-refractivity contribution in [1.29, 1.82) is 0 Å². The number of nitrogens with one attached hydrogen (secondary N) is 1. The number of rotatable bonds is 6. The van der Waals surface area contributed by atoms with Gasteiger partial charge in [0.2, 0.25) is 10.0 Å². The van der Waals surface area contributed by atoms with E-state index in [1.54, 1.807) is 6.07 Å². The van der Waals surface area contributed by atoms with Crippen LogP contribution in [0.3, 0.4) is 0 Å². The number of hydrogen-bond donors (Lipinski definition) is 1. The lowest BCUT2D eigenvalue weighted by atomic mass is 10.1. The number of nitrogens with zero attached hydrogens (tertiary/aromatic N) is 1. The summed E-state index contributed by atoms with van der Waals surface area (Å²) in [4.78, 5) is 12.7. The maximum Gasteiger partial charge on any atom is 0.251 e. The molecule has 1 saturated heterocycles. The fraction of sp³-hybridized carbons (Fsp3) is 0.350. The number of amides is 1. The van der Waals surface area contributed by atoms with E-state index in [1.807, 2.05) is 37.3 Å². The molecule has 7 nitrogen and oxygen atoms in total. The zero-order chi connectivity index (χ0) is 20.1. The second-order valence-corrected chi connectivity index (χ2v) is 8.39. The van der Waals surface area contributed by atoms with Gasteiger partial charge < -0.3 is 14.8 Å². The molecule has 0 bridgehead atoms. The Balaban J connectivity index is 1.87. The van der Waals surface area contributed by atoms with Gasteiger partial charge in [0.25, 0.3) is 5.91 Å². The first-order valence-electron chi connectivity index (χ1n) is 9.05. The number of benzene rings is 2. The summed E-state index contributed by atoms with van der Waals surface area (Å²) >= 11 is 0. The summed E-state index contributed by atoms with van der Waals surface area (Å²) in [5, 5.41) is 2.90. The van der Waals surface area contributed by atoms with Crippen molar-refractivity contribution in [1.82, 2.24) is 9.62 Å². The van der Waals surface area contributed by atoms with E-state index >= 15 is 0 Å². The topological polar surface area (TPSA) is 84.9 Å². The fourth-order valence-electron chi connectivity index (χ4n) is 3.05. The van der Waals surface area contributed by atoms with Crippen molar-refractivity contribution in [2.24, 2.45) is 0 Å². The van der Waals surface area contributed by atoms with Crippen LogP contribution in [0.25, 0.3) is 0 Å². The van der Waals surface area contributed by atoms with E-state index < -0.39 is 10.0 Å². The lowest BCUT2D eigenvalue weighted by molar-refractivity contribution is 0.0729.